The highest BCUT2D eigenvalue weighted by atomic mass is 79.9. The third-order valence-corrected chi connectivity index (χ3v) is 6.80. The number of piperidine rings is 1. The number of nitriles is 1. The lowest BCUT2D eigenvalue weighted by Crippen LogP contribution is -2.47. The summed E-state index contributed by atoms with van der Waals surface area (Å²) in [5.41, 5.74) is 1.86. The van der Waals surface area contributed by atoms with Gasteiger partial charge in [0.1, 0.15) is 5.82 Å². The van der Waals surface area contributed by atoms with Gasteiger partial charge in [0.05, 0.1) is 11.6 Å². The smallest absolute Gasteiger partial charge is 0.225 e. The van der Waals surface area contributed by atoms with Crippen LogP contribution >= 0.6 is 15.9 Å². The van der Waals surface area contributed by atoms with Crippen LogP contribution in [-0.4, -0.2) is 49.7 Å². The Morgan fingerprint density at radius 3 is 2.74 bits per heavy atom. The molecule has 9 heteroatoms. The highest BCUT2D eigenvalue weighted by molar-refractivity contribution is 9.10. The SMILES string of the molecule is Cc1cc(Nc2nc(NC3C[C@H]4CC[C@@H](C3)N4CCC#N)nc3cc(Br)ccc23)n[nH]1. The second-order valence-electron chi connectivity index (χ2n) is 8.46. The van der Waals surface area contributed by atoms with Gasteiger partial charge in [-0.05, 0) is 50.8 Å². The van der Waals surface area contributed by atoms with E-state index in [9.17, 15) is 0 Å². The zero-order valence-electron chi connectivity index (χ0n) is 17.4. The van der Waals surface area contributed by atoms with E-state index in [2.05, 4.69) is 47.7 Å². The fraction of sp³-hybridized carbons (Fsp3) is 0.455. The first kappa shape index (κ1) is 20.2. The molecular weight excluding hydrogens is 456 g/mol. The third kappa shape index (κ3) is 4.23. The number of anilines is 3. The molecule has 3 N–H and O–H groups in total. The van der Waals surface area contributed by atoms with E-state index in [4.69, 9.17) is 15.2 Å². The monoisotopic (exact) mass is 480 g/mol. The van der Waals surface area contributed by atoms with Gasteiger partial charge >= 0.3 is 0 Å². The van der Waals surface area contributed by atoms with Crippen molar-refractivity contribution in [2.45, 2.75) is 57.2 Å². The number of hydrogen-bond acceptors (Lipinski definition) is 7. The Hall–Kier alpha value is -2.70. The van der Waals surface area contributed by atoms with Crippen LogP contribution in [0.3, 0.4) is 0 Å². The Balaban J connectivity index is 1.39. The number of halogens is 1. The van der Waals surface area contributed by atoms with Gasteiger partial charge in [0, 0.05) is 52.7 Å². The maximum atomic E-state index is 8.95. The molecule has 160 valence electrons. The molecule has 2 bridgehead atoms. The second kappa shape index (κ2) is 8.44. The Labute approximate surface area is 189 Å². The van der Waals surface area contributed by atoms with E-state index in [1.807, 2.05) is 31.2 Å². The molecule has 31 heavy (non-hydrogen) atoms. The number of aromatic nitrogens is 4. The summed E-state index contributed by atoms with van der Waals surface area (Å²) in [7, 11) is 0. The lowest BCUT2D eigenvalue weighted by atomic mass is 9.97. The predicted octanol–water partition coefficient (Wildman–Crippen LogP) is 4.49. The number of hydrogen-bond donors (Lipinski definition) is 3. The van der Waals surface area contributed by atoms with Crippen molar-refractivity contribution >= 4 is 44.4 Å². The van der Waals surface area contributed by atoms with Crippen molar-refractivity contribution in [2.75, 3.05) is 17.2 Å². The van der Waals surface area contributed by atoms with Crippen molar-refractivity contribution < 1.29 is 0 Å². The van der Waals surface area contributed by atoms with E-state index in [0.717, 1.165) is 52.1 Å². The van der Waals surface area contributed by atoms with Crippen molar-refractivity contribution in [3.8, 4) is 6.07 Å². The third-order valence-electron chi connectivity index (χ3n) is 6.31. The van der Waals surface area contributed by atoms with Gasteiger partial charge < -0.3 is 10.6 Å². The van der Waals surface area contributed by atoms with Crippen LogP contribution in [0.1, 0.15) is 37.8 Å². The molecule has 3 aromatic rings. The van der Waals surface area contributed by atoms with Crippen LogP contribution in [0, 0.1) is 18.3 Å². The Bertz CT molecular complexity index is 1120. The largest absolute Gasteiger partial charge is 0.351 e. The predicted molar refractivity (Wildman–Crippen MR) is 124 cm³/mol. The molecule has 0 saturated carbocycles. The van der Waals surface area contributed by atoms with Gasteiger partial charge in [-0.2, -0.15) is 15.3 Å². The zero-order valence-corrected chi connectivity index (χ0v) is 19.0. The summed E-state index contributed by atoms with van der Waals surface area (Å²) in [6.45, 7) is 2.86. The number of nitrogens with zero attached hydrogens (tertiary/aromatic N) is 5. The maximum Gasteiger partial charge on any atom is 0.225 e. The zero-order chi connectivity index (χ0) is 21.4. The first-order valence-corrected chi connectivity index (χ1v) is 11.5. The molecule has 2 aliphatic rings. The average Bonchev–Trinajstić information content (AvgIpc) is 3.25. The fourth-order valence-electron chi connectivity index (χ4n) is 4.98. The minimum atomic E-state index is 0.334. The first-order chi connectivity index (χ1) is 15.1. The van der Waals surface area contributed by atoms with Crippen molar-refractivity contribution in [3.05, 3.63) is 34.4 Å². The molecule has 1 unspecified atom stereocenters. The van der Waals surface area contributed by atoms with Crippen LogP contribution in [0.25, 0.3) is 10.9 Å². The van der Waals surface area contributed by atoms with Gasteiger partial charge in [-0.1, -0.05) is 15.9 Å². The molecule has 0 aliphatic carbocycles. The summed E-state index contributed by atoms with van der Waals surface area (Å²) in [5, 5.41) is 24.1. The summed E-state index contributed by atoms with van der Waals surface area (Å²) in [6.07, 6.45) is 5.15. The van der Waals surface area contributed by atoms with E-state index in [-0.39, 0.29) is 0 Å². The first-order valence-electron chi connectivity index (χ1n) is 10.7. The van der Waals surface area contributed by atoms with E-state index in [1.165, 1.54) is 12.8 Å². The Morgan fingerprint density at radius 2 is 2.03 bits per heavy atom. The molecule has 5 rings (SSSR count). The molecule has 2 aromatic heterocycles. The molecule has 0 radical (unpaired) electrons. The molecule has 0 amide bonds. The number of aromatic amines is 1. The molecule has 2 aliphatic heterocycles. The highest BCUT2D eigenvalue weighted by Gasteiger charge is 2.40. The topological polar surface area (TPSA) is 106 Å². The number of aryl methyl sites for hydroxylation is 1. The van der Waals surface area contributed by atoms with Gasteiger partial charge in [-0.3, -0.25) is 10.00 Å². The molecule has 8 nitrogen and oxygen atoms in total. The lowest BCUT2D eigenvalue weighted by molar-refractivity contribution is 0.135. The van der Waals surface area contributed by atoms with E-state index in [1.54, 1.807) is 0 Å². The van der Waals surface area contributed by atoms with Crippen molar-refractivity contribution in [3.63, 3.8) is 0 Å². The average molecular weight is 481 g/mol. The summed E-state index contributed by atoms with van der Waals surface area (Å²) in [5.74, 6) is 2.10. The van der Waals surface area contributed by atoms with Gasteiger partial charge in [0.25, 0.3) is 0 Å². The Morgan fingerprint density at radius 1 is 1.23 bits per heavy atom. The molecule has 4 heterocycles. The molecule has 3 atom stereocenters. The fourth-order valence-corrected chi connectivity index (χ4v) is 5.33. The lowest BCUT2D eigenvalue weighted by Gasteiger charge is -2.38. The van der Waals surface area contributed by atoms with Gasteiger partial charge in [-0.25, -0.2) is 4.98 Å². The number of H-pyrrole nitrogens is 1. The van der Waals surface area contributed by atoms with Crippen LogP contribution in [0.15, 0.2) is 28.7 Å². The molecule has 1 aromatic carbocycles. The van der Waals surface area contributed by atoms with E-state index < -0.39 is 0 Å². The van der Waals surface area contributed by atoms with Crippen LogP contribution in [0.4, 0.5) is 17.6 Å². The standard InChI is InChI=1S/C22H25BrN8/c1-13-9-20(30-29-13)27-21-18-6-3-14(23)10-19(18)26-22(28-21)25-15-11-16-4-5-17(12-15)31(16)8-2-7-24/h3,6,9-10,15-17H,2,4-5,8,11-12H2,1H3,(H3,25,26,27,28,29,30)/t15?,16-,17+. The summed E-state index contributed by atoms with van der Waals surface area (Å²) < 4.78 is 0.982. The summed E-state index contributed by atoms with van der Waals surface area (Å²) in [6, 6.07) is 11.7. The minimum Gasteiger partial charge on any atom is -0.351 e. The highest BCUT2D eigenvalue weighted by Crippen LogP contribution is 2.37. The summed E-state index contributed by atoms with van der Waals surface area (Å²) >= 11 is 3.55. The normalized spacial score (nSPS) is 23.1. The van der Waals surface area contributed by atoms with Crippen molar-refractivity contribution in [1.29, 1.82) is 5.26 Å². The van der Waals surface area contributed by atoms with E-state index in [0.29, 0.717) is 30.5 Å². The number of benzene rings is 1. The molecule has 2 saturated heterocycles. The molecule has 2 fully saturated rings. The summed E-state index contributed by atoms with van der Waals surface area (Å²) in [4.78, 5) is 12.1. The van der Waals surface area contributed by atoms with Gasteiger partial charge in [0.15, 0.2) is 5.82 Å². The maximum absolute atomic E-state index is 8.95. The number of rotatable bonds is 6. The molecular formula is C22H25BrN8. The van der Waals surface area contributed by atoms with Crippen LogP contribution in [0.2, 0.25) is 0 Å². The van der Waals surface area contributed by atoms with Gasteiger partial charge in [0.2, 0.25) is 5.95 Å². The second-order valence-corrected chi connectivity index (χ2v) is 9.38. The van der Waals surface area contributed by atoms with Crippen LogP contribution < -0.4 is 10.6 Å². The van der Waals surface area contributed by atoms with Crippen molar-refractivity contribution in [2.24, 2.45) is 0 Å². The van der Waals surface area contributed by atoms with E-state index >= 15 is 0 Å². The van der Waals surface area contributed by atoms with Crippen molar-refractivity contribution in [1.82, 2.24) is 25.1 Å². The number of fused-ring (bicyclic) bond motifs is 3. The van der Waals surface area contributed by atoms with Crippen LogP contribution in [0.5, 0.6) is 0 Å². The van der Waals surface area contributed by atoms with Gasteiger partial charge in [-0.15, -0.1) is 0 Å². The number of nitrogens with one attached hydrogen (secondary N) is 3. The molecule has 0 spiro atoms. The Kier molecular flexibility index (Phi) is 5.50. The van der Waals surface area contributed by atoms with Crippen LogP contribution in [-0.2, 0) is 0 Å². The minimum absolute atomic E-state index is 0.334. The quantitative estimate of drug-likeness (QED) is 0.477.